The van der Waals surface area contributed by atoms with Gasteiger partial charge in [0.05, 0.1) is 0 Å². The largest absolute Gasteiger partial charge is 0.248 e. The SMILES string of the molecule is CCCc1ccc(C#Cc2ccc(CC)cn2)cc1. The molecule has 0 aliphatic carbocycles. The third-order valence-corrected chi connectivity index (χ3v) is 3.06. The highest BCUT2D eigenvalue weighted by molar-refractivity contribution is 5.41. The molecule has 0 amide bonds. The van der Waals surface area contributed by atoms with Gasteiger partial charge in [-0.15, -0.1) is 0 Å². The molecule has 0 bridgehead atoms. The molecule has 19 heavy (non-hydrogen) atoms. The number of benzene rings is 1. The highest BCUT2D eigenvalue weighted by atomic mass is 14.7. The zero-order chi connectivity index (χ0) is 13.5. The Bertz CT molecular complexity index is 568. The fourth-order valence-corrected chi connectivity index (χ4v) is 1.89. The zero-order valence-corrected chi connectivity index (χ0v) is 11.6. The Labute approximate surface area is 115 Å². The molecule has 0 radical (unpaired) electrons. The van der Waals surface area contributed by atoms with Gasteiger partial charge >= 0.3 is 0 Å². The minimum absolute atomic E-state index is 0.829. The lowest BCUT2D eigenvalue weighted by Gasteiger charge is -1.97. The standard InChI is InChI=1S/C18H19N/c1-3-5-16-6-8-17(9-7-16)11-13-18-12-10-15(4-2)14-19-18/h6-10,12,14H,3-5H2,1-2H3. The van der Waals surface area contributed by atoms with Crippen molar-refractivity contribution < 1.29 is 0 Å². The van der Waals surface area contributed by atoms with Crippen molar-refractivity contribution in [3.8, 4) is 11.8 Å². The van der Waals surface area contributed by atoms with Crippen LogP contribution < -0.4 is 0 Å². The maximum atomic E-state index is 4.34. The fraction of sp³-hybridized carbons (Fsp3) is 0.278. The van der Waals surface area contributed by atoms with E-state index in [0.29, 0.717) is 0 Å². The molecule has 0 spiro atoms. The summed E-state index contributed by atoms with van der Waals surface area (Å²) in [6.07, 6.45) is 5.22. The predicted molar refractivity (Wildman–Crippen MR) is 80.0 cm³/mol. The van der Waals surface area contributed by atoms with E-state index in [2.05, 4.69) is 61.0 Å². The van der Waals surface area contributed by atoms with Crippen LogP contribution in [0, 0.1) is 11.8 Å². The van der Waals surface area contributed by atoms with Crippen molar-refractivity contribution in [1.29, 1.82) is 0 Å². The zero-order valence-electron chi connectivity index (χ0n) is 11.6. The average molecular weight is 249 g/mol. The average Bonchev–Trinajstić information content (AvgIpc) is 2.47. The van der Waals surface area contributed by atoms with Crippen molar-refractivity contribution in [2.45, 2.75) is 33.1 Å². The highest BCUT2D eigenvalue weighted by Gasteiger charge is 1.92. The third kappa shape index (κ3) is 3.96. The first-order chi connectivity index (χ1) is 9.31. The lowest BCUT2D eigenvalue weighted by molar-refractivity contribution is 0.922. The fourth-order valence-electron chi connectivity index (χ4n) is 1.89. The van der Waals surface area contributed by atoms with Crippen LogP contribution in [0.25, 0.3) is 0 Å². The van der Waals surface area contributed by atoms with Gasteiger partial charge in [-0.25, -0.2) is 4.98 Å². The Morgan fingerprint density at radius 2 is 1.63 bits per heavy atom. The molecule has 1 heteroatoms. The highest BCUT2D eigenvalue weighted by Crippen LogP contribution is 2.06. The van der Waals surface area contributed by atoms with Gasteiger partial charge in [0, 0.05) is 11.8 Å². The Hall–Kier alpha value is -2.07. The topological polar surface area (TPSA) is 12.9 Å². The first kappa shape index (κ1) is 13.4. The summed E-state index contributed by atoms with van der Waals surface area (Å²) in [5, 5.41) is 0. The van der Waals surface area contributed by atoms with Crippen LogP contribution >= 0.6 is 0 Å². The Morgan fingerprint density at radius 1 is 0.895 bits per heavy atom. The molecule has 0 atom stereocenters. The van der Waals surface area contributed by atoms with Crippen molar-refractivity contribution >= 4 is 0 Å². The molecule has 0 N–H and O–H groups in total. The Morgan fingerprint density at radius 3 is 2.21 bits per heavy atom. The number of pyridine rings is 1. The number of aromatic nitrogens is 1. The number of hydrogen-bond donors (Lipinski definition) is 0. The molecule has 0 aliphatic rings. The Kier molecular flexibility index (Phi) is 4.75. The van der Waals surface area contributed by atoms with E-state index in [1.165, 1.54) is 17.5 Å². The molecule has 1 heterocycles. The molecule has 0 saturated heterocycles. The summed E-state index contributed by atoms with van der Waals surface area (Å²) in [5.41, 5.74) is 4.49. The van der Waals surface area contributed by atoms with Crippen molar-refractivity contribution in [2.75, 3.05) is 0 Å². The van der Waals surface area contributed by atoms with Crippen LogP contribution in [0.2, 0.25) is 0 Å². The van der Waals surface area contributed by atoms with E-state index >= 15 is 0 Å². The number of rotatable bonds is 3. The molecule has 1 aromatic heterocycles. The summed E-state index contributed by atoms with van der Waals surface area (Å²) in [7, 11) is 0. The second-order valence-electron chi connectivity index (χ2n) is 4.60. The van der Waals surface area contributed by atoms with Crippen LogP contribution in [-0.4, -0.2) is 4.98 Å². The van der Waals surface area contributed by atoms with Crippen molar-refractivity contribution in [3.63, 3.8) is 0 Å². The van der Waals surface area contributed by atoms with Gasteiger partial charge in [-0.1, -0.05) is 44.4 Å². The van der Waals surface area contributed by atoms with E-state index in [4.69, 9.17) is 0 Å². The quantitative estimate of drug-likeness (QED) is 0.749. The lowest BCUT2D eigenvalue weighted by atomic mass is 10.1. The van der Waals surface area contributed by atoms with E-state index in [0.717, 1.165) is 24.1 Å². The van der Waals surface area contributed by atoms with Crippen molar-refractivity contribution in [1.82, 2.24) is 4.98 Å². The van der Waals surface area contributed by atoms with Gasteiger partial charge < -0.3 is 0 Å². The van der Waals surface area contributed by atoms with Gasteiger partial charge in [0.2, 0.25) is 0 Å². The van der Waals surface area contributed by atoms with E-state index in [1.54, 1.807) is 0 Å². The van der Waals surface area contributed by atoms with Crippen LogP contribution in [0.1, 0.15) is 42.7 Å². The summed E-state index contributed by atoms with van der Waals surface area (Å²) in [6.45, 7) is 4.32. The molecule has 0 aliphatic heterocycles. The first-order valence-electron chi connectivity index (χ1n) is 6.87. The van der Waals surface area contributed by atoms with Gasteiger partial charge in [0.15, 0.2) is 0 Å². The molecular weight excluding hydrogens is 230 g/mol. The summed E-state index contributed by atoms with van der Waals surface area (Å²) < 4.78 is 0. The van der Waals surface area contributed by atoms with Crippen LogP contribution in [-0.2, 0) is 12.8 Å². The predicted octanol–water partition coefficient (Wildman–Crippen LogP) is 4.00. The van der Waals surface area contributed by atoms with Gasteiger partial charge in [-0.3, -0.25) is 0 Å². The van der Waals surface area contributed by atoms with E-state index in [1.807, 2.05) is 12.3 Å². The third-order valence-electron chi connectivity index (χ3n) is 3.06. The van der Waals surface area contributed by atoms with E-state index < -0.39 is 0 Å². The van der Waals surface area contributed by atoms with Crippen molar-refractivity contribution in [3.05, 3.63) is 65.0 Å². The molecule has 0 saturated carbocycles. The molecule has 2 rings (SSSR count). The van der Waals surface area contributed by atoms with Crippen LogP contribution in [0.5, 0.6) is 0 Å². The van der Waals surface area contributed by atoms with Gasteiger partial charge in [0.1, 0.15) is 5.69 Å². The molecule has 0 fully saturated rings. The molecule has 96 valence electrons. The smallest absolute Gasteiger partial charge is 0.113 e. The molecule has 1 nitrogen and oxygen atoms in total. The minimum Gasteiger partial charge on any atom is -0.248 e. The van der Waals surface area contributed by atoms with Crippen molar-refractivity contribution in [2.24, 2.45) is 0 Å². The first-order valence-corrected chi connectivity index (χ1v) is 6.87. The monoisotopic (exact) mass is 249 g/mol. The number of hydrogen-bond acceptors (Lipinski definition) is 1. The summed E-state index contributed by atoms with van der Waals surface area (Å²) >= 11 is 0. The summed E-state index contributed by atoms with van der Waals surface area (Å²) in [6, 6.07) is 12.5. The van der Waals surface area contributed by atoms with Crippen LogP contribution in [0.15, 0.2) is 42.6 Å². The second kappa shape index (κ2) is 6.75. The normalized spacial score (nSPS) is 9.79. The van der Waals surface area contributed by atoms with Crippen LogP contribution in [0.3, 0.4) is 0 Å². The Balaban J connectivity index is 2.09. The molecular formula is C18H19N. The number of aryl methyl sites for hydroxylation is 2. The number of nitrogens with zero attached hydrogens (tertiary/aromatic N) is 1. The maximum Gasteiger partial charge on any atom is 0.113 e. The summed E-state index contributed by atoms with van der Waals surface area (Å²) in [4.78, 5) is 4.34. The van der Waals surface area contributed by atoms with Gasteiger partial charge in [-0.2, -0.15) is 0 Å². The summed E-state index contributed by atoms with van der Waals surface area (Å²) in [5.74, 6) is 6.26. The van der Waals surface area contributed by atoms with Gasteiger partial charge in [0.25, 0.3) is 0 Å². The second-order valence-corrected chi connectivity index (χ2v) is 4.60. The maximum absolute atomic E-state index is 4.34. The molecule has 0 unspecified atom stereocenters. The van der Waals surface area contributed by atoms with Crippen LogP contribution in [0.4, 0.5) is 0 Å². The molecule has 1 aromatic carbocycles. The van der Waals surface area contributed by atoms with E-state index in [9.17, 15) is 0 Å². The minimum atomic E-state index is 0.829. The van der Waals surface area contributed by atoms with Gasteiger partial charge in [-0.05, 0) is 48.1 Å². The molecule has 2 aromatic rings. The van der Waals surface area contributed by atoms with E-state index in [-0.39, 0.29) is 0 Å². The lowest BCUT2D eigenvalue weighted by Crippen LogP contribution is -1.86.